The summed E-state index contributed by atoms with van der Waals surface area (Å²) in [4.78, 5) is 4.06. The van der Waals surface area contributed by atoms with Gasteiger partial charge in [-0.15, -0.1) is 0 Å². The van der Waals surface area contributed by atoms with Gasteiger partial charge in [0.15, 0.2) is 5.03 Å². The summed E-state index contributed by atoms with van der Waals surface area (Å²) in [6.45, 7) is 2.42. The molecular weight excluding hydrogens is 380 g/mol. The average molecular weight is 394 g/mol. The maximum atomic E-state index is 11.4. The highest BCUT2D eigenvalue weighted by Gasteiger charge is 2.17. The average Bonchev–Trinajstić information content (AvgIpc) is 2.82. The number of ether oxygens (including phenoxy) is 1. The normalized spacial score (nSPS) is 11.6. The lowest BCUT2D eigenvalue weighted by Gasteiger charge is -2.09. The highest BCUT2D eigenvalue weighted by Crippen LogP contribution is 2.26. The largest absolute Gasteiger partial charge is 0.496 e. The fraction of sp³-hybridized carbons (Fsp3) is 0.308. The zero-order valence-corrected chi connectivity index (χ0v) is 14.7. The molecule has 1 aromatic carbocycles. The molecule has 0 aliphatic rings. The maximum Gasteiger partial charge on any atom is 0.280 e. The Morgan fingerprint density at radius 1 is 1.43 bits per heavy atom. The van der Waals surface area contributed by atoms with E-state index in [0.29, 0.717) is 18.8 Å². The van der Waals surface area contributed by atoms with E-state index in [1.807, 2.05) is 25.1 Å². The summed E-state index contributed by atoms with van der Waals surface area (Å²) in [7, 11) is 3.13. The second kappa shape index (κ2) is 6.37. The van der Waals surface area contributed by atoms with Crippen LogP contribution in [0.4, 0.5) is 0 Å². The number of hydrogen-bond donors (Lipinski definition) is 0. The van der Waals surface area contributed by atoms with E-state index >= 15 is 0 Å². The maximum absolute atomic E-state index is 11.4. The predicted molar refractivity (Wildman–Crippen MR) is 84.4 cm³/mol. The van der Waals surface area contributed by atoms with Crippen LogP contribution in [0.15, 0.2) is 33.9 Å². The van der Waals surface area contributed by atoms with Crippen molar-refractivity contribution in [3.05, 3.63) is 40.3 Å². The van der Waals surface area contributed by atoms with E-state index in [9.17, 15) is 8.42 Å². The van der Waals surface area contributed by atoms with Crippen molar-refractivity contribution in [3.8, 4) is 5.75 Å². The first-order valence-corrected chi connectivity index (χ1v) is 9.28. The number of rotatable bonds is 5. The van der Waals surface area contributed by atoms with Crippen LogP contribution in [-0.4, -0.2) is 25.1 Å². The molecule has 0 aliphatic carbocycles. The Balaban J connectivity index is 2.35. The van der Waals surface area contributed by atoms with Crippen LogP contribution in [0, 0.1) is 0 Å². The van der Waals surface area contributed by atoms with Gasteiger partial charge in [-0.2, -0.15) is 0 Å². The number of hydrogen-bond acceptors (Lipinski definition) is 4. The summed E-state index contributed by atoms with van der Waals surface area (Å²) in [5, 5.41) is -0.117. The monoisotopic (exact) mass is 392 g/mol. The lowest BCUT2D eigenvalue weighted by Crippen LogP contribution is -2.03. The van der Waals surface area contributed by atoms with Gasteiger partial charge in [-0.3, -0.25) is 0 Å². The van der Waals surface area contributed by atoms with Crippen LogP contribution in [0.25, 0.3) is 0 Å². The van der Waals surface area contributed by atoms with Gasteiger partial charge < -0.3 is 9.30 Å². The van der Waals surface area contributed by atoms with Gasteiger partial charge in [-0.1, -0.05) is 13.0 Å². The predicted octanol–water partition coefficient (Wildman–Crippen LogP) is 3.19. The van der Waals surface area contributed by atoms with Crippen molar-refractivity contribution >= 4 is 35.7 Å². The van der Waals surface area contributed by atoms with Gasteiger partial charge in [0.2, 0.25) is 0 Å². The highest BCUT2D eigenvalue weighted by atomic mass is 79.9. The number of methoxy groups -OCH3 is 1. The van der Waals surface area contributed by atoms with Gasteiger partial charge in [0, 0.05) is 29.8 Å². The SMILES string of the molecule is CCc1nc(S(=O)(=O)Cl)cn1Cc1ccc(OC)c(Br)c1. The molecule has 8 heteroatoms. The second-order valence-corrected chi connectivity index (χ2v) is 7.75. The summed E-state index contributed by atoms with van der Waals surface area (Å²) < 4.78 is 30.5. The Hall–Kier alpha value is -1.05. The lowest BCUT2D eigenvalue weighted by molar-refractivity contribution is 0.412. The molecule has 0 amide bonds. The molecule has 0 saturated heterocycles. The standard InChI is InChI=1S/C13H14BrClN2O3S/c1-3-12-16-13(21(15,18)19)8-17(12)7-9-4-5-11(20-2)10(14)6-9/h4-6,8H,3,7H2,1-2H3. The fourth-order valence-corrected chi connectivity index (χ4v) is 3.25. The van der Waals surface area contributed by atoms with Crippen LogP contribution < -0.4 is 4.74 Å². The second-order valence-electron chi connectivity index (χ2n) is 4.38. The minimum Gasteiger partial charge on any atom is -0.496 e. The van der Waals surface area contributed by atoms with Crippen molar-refractivity contribution in [2.75, 3.05) is 7.11 Å². The third kappa shape index (κ3) is 3.78. The van der Waals surface area contributed by atoms with Gasteiger partial charge in [0.1, 0.15) is 11.6 Å². The first-order valence-electron chi connectivity index (χ1n) is 6.18. The van der Waals surface area contributed by atoms with Crippen LogP contribution in [0.1, 0.15) is 18.3 Å². The Morgan fingerprint density at radius 2 is 2.14 bits per heavy atom. The Labute approximate surface area is 136 Å². The summed E-state index contributed by atoms with van der Waals surface area (Å²) in [6.07, 6.45) is 2.07. The van der Waals surface area contributed by atoms with E-state index in [0.717, 1.165) is 15.8 Å². The molecule has 0 bridgehead atoms. The molecule has 0 aliphatic heterocycles. The number of halogens is 2. The molecule has 2 rings (SSSR count). The van der Waals surface area contributed by atoms with Gasteiger partial charge >= 0.3 is 0 Å². The summed E-state index contributed by atoms with van der Waals surface area (Å²) in [5.41, 5.74) is 0.994. The Morgan fingerprint density at radius 3 is 2.67 bits per heavy atom. The Kier molecular flexibility index (Phi) is 4.95. The molecule has 5 nitrogen and oxygen atoms in total. The topological polar surface area (TPSA) is 61.2 Å². The third-order valence-electron chi connectivity index (χ3n) is 2.97. The molecule has 1 heterocycles. The fourth-order valence-electron chi connectivity index (χ4n) is 1.97. The van der Waals surface area contributed by atoms with Crippen LogP contribution >= 0.6 is 26.6 Å². The molecule has 21 heavy (non-hydrogen) atoms. The van der Waals surface area contributed by atoms with Crippen molar-refractivity contribution < 1.29 is 13.2 Å². The molecule has 0 fully saturated rings. The first kappa shape index (κ1) is 16.3. The summed E-state index contributed by atoms with van der Waals surface area (Å²) in [6, 6.07) is 5.69. The van der Waals surface area contributed by atoms with Crippen LogP contribution in [0.2, 0.25) is 0 Å². The Bertz CT molecular complexity index is 759. The van der Waals surface area contributed by atoms with Crippen LogP contribution in [0.3, 0.4) is 0 Å². The van der Waals surface area contributed by atoms with Gasteiger partial charge in [0.25, 0.3) is 9.05 Å². The summed E-state index contributed by atoms with van der Waals surface area (Å²) >= 11 is 3.43. The van der Waals surface area contributed by atoms with Crippen LogP contribution in [0.5, 0.6) is 5.75 Å². The molecule has 0 radical (unpaired) electrons. The van der Waals surface area contributed by atoms with E-state index < -0.39 is 9.05 Å². The van der Waals surface area contributed by atoms with Gasteiger partial charge in [-0.25, -0.2) is 13.4 Å². The van der Waals surface area contributed by atoms with Crippen molar-refractivity contribution in [1.82, 2.24) is 9.55 Å². The van der Waals surface area contributed by atoms with E-state index in [4.69, 9.17) is 15.4 Å². The molecule has 0 N–H and O–H groups in total. The highest BCUT2D eigenvalue weighted by molar-refractivity contribution is 9.10. The molecular formula is C13H14BrClN2O3S. The summed E-state index contributed by atoms with van der Waals surface area (Å²) in [5.74, 6) is 1.41. The van der Waals surface area contributed by atoms with Crippen molar-refractivity contribution in [1.29, 1.82) is 0 Å². The number of imidazole rings is 1. The molecule has 0 spiro atoms. The van der Waals surface area contributed by atoms with E-state index in [1.165, 1.54) is 6.20 Å². The van der Waals surface area contributed by atoms with Crippen LogP contribution in [-0.2, 0) is 22.0 Å². The number of benzene rings is 1. The van der Waals surface area contributed by atoms with Crippen molar-refractivity contribution in [2.45, 2.75) is 24.9 Å². The first-order chi connectivity index (χ1) is 9.85. The lowest BCUT2D eigenvalue weighted by atomic mass is 10.2. The van der Waals surface area contributed by atoms with E-state index in [1.54, 1.807) is 11.7 Å². The quantitative estimate of drug-likeness (QED) is 0.732. The van der Waals surface area contributed by atoms with E-state index in [2.05, 4.69) is 20.9 Å². The molecule has 2 aromatic rings. The van der Waals surface area contributed by atoms with Gasteiger partial charge in [0.05, 0.1) is 11.6 Å². The number of aromatic nitrogens is 2. The molecule has 114 valence electrons. The van der Waals surface area contributed by atoms with Gasteiger partial charge in [-0.05, 0) is 33.6 Å². The van der Waals surface area contributed by atoms with E-state index in [-0.39, 0.29) is 5.03 Å². The number of nitrogens with zero attached hydrogens (tertiary/aromatic N) is 2. The number of aryl methyl sites for hydroxylation is 1. The molecule has 1 aromatic heterocycles. The zero-order chi connectivity index (χ0) is 15.6. The third-order valence-corrected chi connectivity index (χ3v) is 4.76. The van der Waals surface area contributed by atoms with Crippen molar-refractivity contribution in [2.24, 2.45) is 0 Å². The molecule has 0 atom stereocenters. The minimum atomic E-state index is -3.81. The van der Waals surface area contributed by atoms with Crippen molar-refractivity contribution in [3.63, 3.8) is 0 Å². The minimum absolute atomic E-state index is 0.117. The zero-order valence-electron chi connectivity index (χ0n) is 11.5. The molecule has 0 saturated carbocycles. The molecule has 0 unspecified atom stereocenters. The smallest absolute Gasteiger partial charge is 0.280 e.